The Morgan fingerprint density at radius 1 is 0.943 bits per heavy atom. The molecule has 2 aliphatic rings. The molecular weight excluding hydrogens is 444 g/mol. The Balaban J connectivity index is 1.35. The van der Waals surface area contributed by atoms with Crippen LogP contribution in [0.1, 0.15) is 36.8 Å². The molecule has 0 atom stereocenters. The molecule has 7 heteroatoms. The molecule has 0 aromatic heterocycles. The van der Waals surface area contributed by atoms with E-state index in [9.17, 15) is 14.4 Å². The minimum absolute atomic E-state index is 0.0663. The van der Waals surface area contributed by atoms with Gasteiger partial charge in [-0.05, 0) is 59.0 Å². The summed E-state index contributed by atoms with van der Waals surface area (Å²) in [5.41, 5.74) is 1.56. The van der Waals surface area contributed by atoms with Crippen LogP contribution in [0.3, 0.4) is 0 Å². The number of hydrogen-bond donors (Lipinski definition) is 1. The molecule has 1 saturated heterocycles. The van der Waals surface area contributed by atoms with E-state index in [1.165, 1.54) is 23.5 Å². The summed E-state index contributed by atoms with van der Waals surface area (Å²) >= 11 is 0. The monoisotopic (exact) mass is 470 g/mol. The van der Waals surface area contributed by atoms with Crippen molar-refractivity contribution in [1.29, 1.82) is 0 Å². The van der Waals surface area contributed by atoms with Crippen molar-refractivity contribution in [1.82, 2.24) is 10.2 Å². The van der Waals surface area contributed by atoms with Crippen LogP contribution in [0.25, 0.3) is 16.8 Å². The fourth-order valence-corrected chi connectivity index (χ4v) is 4.71. The van der Waals surface area contributed by atoms with Gasteiger partial charge < -0.3 is 9.47 Å². The van der Waals surface area contributed by atoms with E-state index in [4.69, 9.17) is 9.47 Å². The number of urea groups is 1. The zero-order chi connectivity index (χ0) is 24.4. The summed E-state index contributed by atoms with van der Waals surface area (Å²) in [5, 5.41) is 4.61. The third-order valence-electron chi connectivity index (χ3n) is 6.53. The van der Waals surface area contributed by atoms with Crippen molar-refractivity contribution in [3.8, 4) is 11.5 Å². The summed E-state index contributed by atoms with van der Waals surface area (Å²) in [6.45, 7) is 0.362. The highest BCUT2D eigenvalue weighted by Gasteiger charge is 2.40. The standard InChI is InChI=1S/C28H26N2O5/c1-34-25-16-18(15-23-26(31)29-28(33)30(27(23)32)22-8-4-5-9-22)11-13-24(25)35-17-19-10-12-20-6-2-3-7-21(20)14-19/h2-3,6-7,10-16,22H,4-5,8-9,17H2,1H3,(H,29,31,33)/b23-15+. The smallest absolute Gasteiger partial charge is 0.331 e. The highest BCUT2D eigenvalue weighted by atomic mass is 16.5. The van der Waals surface area contributed by atoms with Crippen LogP contribution in [0.5, 0.6) is 11.5 Å². The number of nitrogens with zero attached hydrogens (tertiary/aromatic N) is 1. The van der Waals surface area contributed by atoms with Gasteiger partial charge in [-0.1, -0.05) is 55.3 Å². The first-order valence-corrected chi connectivity index (χ1v) is 11.7. The number of fused-ring (bicyclic) bond motifs is 1. The predicted octanol–water partition coefficient (Wildman–Crippen LogP) is 4.83. The number of nitrogens with one attached hydrogen (secondary N) is 1. The molecule has 5 rings (SSSR count). The zero-order valence-electron chi connectivity index (χ0n) is 19.5. The second-order valence-electron chi connectivity index (χ2n) is 8.81. The maximum Gasteiger partial charge on any atom is 0.331 e. The fourth-order valence-electron chi connectivity index (χ4n) is 4.71. The molecular formula is C28H26N2O5. The lowest BCUT2D eigenvalue weighted by Gasteiger charge is -2.31. The Morgan fingerprint density at radius 3 is 2.49 bits per heavy atom. The molecule has 2 fully saturated rings. The summed E-state index contributed by atoms with van der Waals surface area (Å²) in [6.07, 6.45) is 4.94. The Hall–Kier alpha value is -4.13. The number of rotatable bonds is 6. The summed E-state index contributed by atoms with van der Waals surface area (Å²) in [4.78, 5) is 39.0. The fraction of sp³-hybridized carbons (Fsp3) is 0.250. The molecule has 35 heavy (non-hydrogen) atoms. The first-order chi connectivity index (χ1) is 17.0. The van der Waals surface area contributed by atoms with Gasteiger partial charge in [0.05, 0.1) is 7.11 Å². The average molecular weight is 471 g/mol. The van der Waals surface area contributed by atoms with Crippen molar-refractivity contribution in [3.63, 3.8) is 0 Å². The van der Waals surface area contributed by atoms with E-state index in [0.29, 0.717) is 23.7 Å². The Morgan fingerprint density at radius 2 is 1.71 bits per heavy atom. The molecule has 1 aliphatic carbocycles. The van der Waals surface area contributed by atoms with Crippen molar-refractivity contribution in [3.05, 3.63) is 77.4 Å². The van der Waals surface area contributed by atoms with Crippen molar-refractivity contribution in [2.75, 3.05) is 7.11 Å². The topological polar surface area (TPSA) is 84.9 Å². The van der Waals surface area contributed by atoms with E-state index in [-0.39, 0.29) is 11.6 Å². The molecule has 0 unspecified atom stereocenters. The predicted molar refractivity (Wildman–Crippen MR) is 132 cm³/mol. The van der Waals surface area contributed by atoms with E-state index in [2.05, 4.69) is 29.6 Å². The van der Waals surface area contributed by atoms with Crippen LogP contribution in [-0.4, -0.2) is 35.9 Å². The number of carbonyl (C=O) groups is 3. The first-order valence-electron chi connectivity index (χ1n) is 11.7. The third kappa shape index (κ3) is 4.62. The molecule has 0 radical (unpaired) electrons. The van der Waals surface area contributed by atoms with Gasteiger partial charge in [0.15, 0.2) is 11.5 Å². The van der Waals surface area contributed by atoms with Gasteiger partial charge in [-0.3, -0.25) is 19.8 Å². The zero-order valence-corrected chi connectivity index (χ0v) is 19.5. The van der Waals surface area contributed by atoms with E-state index >= 15 is 0 Å². The molecule has 7 nitrogen and oxygen atoms in total. The van der Waals surface area contributed by atoms with E-state index in [0.717, 1.165) is 36.6 Å². The highest BCUT2D eigenvalue weighted by Crippen LogP contribution is 2.31. The molecule has 178 valence electrons. The number of benzene rings is 3. The van der Waals surface area contributed by atoms with Gasteiger partial charge >= 0.3 is 6.03 Å². The van der Waals surface area contributed by atoms with Crippen LogP contribution in [0, 0.1) is 0 Å². The minimum atomic E-state index is -0.690. The molecule has 3 aromatic rings. The lowest BCUT2D eigenvalue weighted by Crippen LogP contribution is -2.57. The first kappa shape index (κ1) is 22.7. The van der Waals surface area contributed by atoms with Gasteiger partial charge in [-0.25, -0.2) is 4.79 Å². The molecule has 4 amide bonds. The van der Waals surface area contributed by atoms with Crippen LogP contribution < -0.4 is 14.8 Å². The van der Waals surface area contributed by atoms with Gasteiger partial charge in [0.25, 0.3) is 11.8 Å². The maximum absolute atomic E-state index is 13.0. The second-order valence-corrected chi connectivity index (χ2v) is 8.81. The van der Waals surface area contributed by atoms with Crippen molar-refractivity contribution < 1.29 is 23.9 Å². The van der Waals surface area contributed by atoms with Gasteiger partial charge in [-0.2, -0.15) is 0 Å². The molecule has 1 aliphatic heterocycles. The average Bonchev–Trinajstić information content (AvgIpc) is 3.39. The van der Waals surface area contributed by atoms with Gasteiger partial charge in [0.1, 0.15) is 12.2 Å². The Labute approximate surface area is 203 Å². The lowest BCUT2D eigenvalue weighted by atomic mass is 10.0. The number of methoxy groups -OCH3 is 1. The summed E-state index contributed by atoms with van der Waals surface area (Å²) < 4.78 is 11.5. The number of ether oxygens (including phenoxy) is 2. The summed E-state index contributed by atoms with van der Waals surface area (Å²) in [7, 11) is 1.54. The quantitative estimate of drug-likeness (QED) is 0.412. The summed E-state index contributed by atoms with van der Waals surface area (Å²) in [6, 6.07) is 18.7. The number of barbiturate groups is 1. The maximum atomic E-state index is 13.0. The van der Waals surface area contributed by atoms with Gasteiger partial charge in [0, 0.05) is 6.04 Å². The number of hydrogen-bond acceptors (Lipinski definition) is 5. The normalized spacial score (nSPS) is 17.8. The summed E-state index contributed by atoms with van der Waals surface area (Å²) in [5.74, 6) is -0.219. The third-order valence-corrected chi connectivity index (χ3v) is 6.53. The minimum Gasteiger partial charge on any atom is -0.493 e. The van der Waals surface area contributed by atoms with Crippen molar-refractivity contribution >= 4 is 34.7 Å². The highest BCUT2D eigenvalue weighted by molar-refractivity contribution is 6.31. The lowest BCUT2D eigenvalue weighted by molar-refractivity contribution is -0.131. The van der Waals surface area contributed by atoms with Crippen LogP contribution in [0.4, 0.5) is 4.79 Å². The molecule has 0 spiro atoms. The van der Waals surface area contributed by atoms with Crippen LogP contribution in [0.2, 0.25) is 0 Å². The SMILES string of the molecule is COc1cc(/C=C2\C(=O)NC(=O)N(C3CCCC3)C2=O)ccc1OCc1ccc2ccccc2c1. The van der Waals surface area contributed by atoms with Crippen LogP contribution in [0.15, 0.2) is 66.2 Å². The Kier molecular flexibility index (Phi) is 6.23. The number of amides is 4. The van der Waals surface area contributed by atoms with Gasteiger partial charge in [-0.15, -0.1) is 0 Å². The van der Waals surface area contributed by atoms with Crippen molar-refractivity contribution in [2.45, 2.75) is 38.3 Å². The van der Waals surface area contributed by atoms with E-state index in [1.807, 2.05) is 18.2 Å². The second kappa shape index (κ2) is 9.62. The van der Waals surface area contributed by atoms with E-state index in [1.54, 1.807) is 18.2 Å². The molecule has 1 saturated carbocycles. The number of imide groups is 2. The van der Waals surface area contributed by atoms with Crippen molar-refractivity contribution in [2.24, 2.45) is 0 Å². The van der Waals surface area contributed by atoms with E-state index < -0.39 is 17.8 Å². The number of carbonyl (C=O) groups excluding carboxylic acids is 3. The Bertz CT molecular complexity index is 1340. The molecule has 3 aromatic carbocycles. The van der Waals surface area contributed by atoms with Gasteiger partial charge in [0.2, 0.25) is 0 Å². The molecule has 1 N–H and O–H groups in total. The molecule has 1 heterocycles. The van der Waals surface area contributed by atoms with Crippen LogP contribution in [-0.2, 0) is 16.2 Å². The molecule has 0 bridgehead atoms. The largest absolute Gasteiger partial charge is 0.493 e. The van der Waals surface area contributed by atoms with Crippen LogP contribution >= 0.6 is 0 Å².